The molecule has 2 aromatic heterocycles. The number of nitrogens with zero attached hydrogens (tertiary/aromatic N) is 4. The van der Waals surface area contributed by atoms with E-state index in [4.69, 9.17) is 0 Å². The Labute approximate surface area is 128 Å². The number of hydrogen-bond acceptors (Lipinski definition) is 4. The van der Waals surface area contributed by atoms with Gasteiger partial charge >= 0.3 is 0 Å². The summed E-state index contributed by atoms with van der Waals surface area (Å²) in [6.45, 7) is 1.15. The van der Waals surface area contributed by atoms with Crippen molar-refractivity contribution < 1.29 is 9.18 Å². The maximum atomic E-state index is 13.7. The average molecular weight is 303 g/mol. The lowest BCUT2D eigenvalue weighted by molar-refractivity contribution is -0.135. The molecule has 1 atom stereocenters. The van der Waals surface area contributed by atoms with Crippen LogP contribution >= 0.6 is 0 Å². The molecule has 2 aromatic rings. The molecule has 0 aliphatic carbocycles. The Balaban J connectivity index is 1.70. The Kier molecular flexibility index (Phi) is 4.04. The van der Waals surface area contributed by atoms with Crippen LogP contribution in [0.3, 0.4) is 0 Å². The highest BCUT2D eigenvalue weighted by Crippen LogP contribution is 2.19. The maximum Gasteiger partial charge on any atom is 0.245 e. The van der Waals surface area contributed by atoms with Crippen molar-refractivity contribution in [2.45, 2.75) is 25.4 Å². The minimum atomic E-state index is -0.448. The molecule has 1 saturated heterocycles. The predicted octanol–water partition coefficient (Wildman–Crippen LogP) is 1.56. The standard InChI is InChI=1S/C15H18FN5O/c1-20-9-7-17-13(20)10-21-8-3-5-12(15(21)22)19-14-11(16)4-2-6-18-14/h2,4,6-7,9,12H,3,5,8,10H2,1H3,(H,18,19). The predicted molar refractivity (Wildman–Crippen MR) is 79.5 cm³/mol. The molecule has 0 bridgehead atoms. The number of carbonyl (C=O) groups is 1. The SMILES string of the molecule is Cn1ccnc1CN1CCCC(Nc2ncccc2F)C1=O. The molecule has 116 valence electrons. The van der Waals surface area contributed by atoms with Crippen LogP contribution in [0, 0.1) is 5.82 Å². The van der Waals surface area contributed by atoms with Crippen molar-refractivity contribution in [2.75, 3.05) is 11.9 Å². The van der Waals surface area contributed by atoms with Crippen molar-refractivity contribution in [2.24, 2.45) is 7.05 Å². The summed E-state index contributed by atoms with van der Waals surface area (Å²) >= 11 is 0. The van der Waals surface area contributed by atoms with Crippen LogP contribution in [-0.2, 0) is 18.4 Å². The highest BCUT2D eigenvalue weighted by Gasteiger charge is 2.30. The number of halogens is 1. The molecule has 1 aliphatic heterocycles. The normalized spacial score (nSPS) is 18.5. The first kappa shape index (κ1) is 14.5. The molecule has 3 rings (SSSR count). The van der Waals surface area contributed by atoms with Gasteiger partial charge in [-0.15, -0.1) is 0 Å². The third kappa shape index (κ3) is 2.93. The summed E-state index contributed by atoms with van der Waals surface area (Å²) in [5.41, 5.74) is 0. The molecule has 0 spiro atoms. The highest BCUT2D eigenvalue weighted by molar-refractivity contribution is 5.85. The van der Waals surface area contributed by atoms with Crippen molar-refractivity contribution >= 4 is 11.7 Å². The van der Waals surface area contributed by atoms with Crippen LogP contribution in [0.4, 0.5) is 10.2 Å². The van der Waals surface area contributed by atoms with Gasteiger partial charge in [0.15, 0.2) is 11.6 Å². The number of aryl methyl sites for hydroxylation is 1. The third-order valence-corrected chi connectivity index (χ3v) is 3.85. The monoisotopic (exact) mass is 303 g/mol. The molecule has 6 nitrogen and oxygen atoms in total. The molecule has 0 radical (unpaired) electrons. The smallest absolute Gasteiger partial charge is 0.245 e. The lowest BCUT2D eigenvalue weighted by atomic mass is 10.0. The van der Waals surface area contributed by atoms with E-state index in [0.717, 1.165) is 12.2 Å². The quantitative estimate of drug-likeness (QED) is 0.931. The zero-order valence-corrected chi connectivity index (χ0v) is 12.4. The number of carbonyl (C=O) groups excluding carboxylic acids is 1. The molecule has 1 N–H and O–H groups in total. The van der Waals surface area contributed by atoms with Crippen molar-refractivity contribution in [3.8, 4) is 0 Å². The summed E-state index contributed by atoms with van der Waals surface area (Å²) in [6, 6.07) is 2.41. The summed E-state index contributed by atoms with van der Waals surface area (Å²) in [4.78, 5) is 22.5. The van der Waals surface area contributed by atoms with Crippen molar-refractivity contribution in [3.63, 3.8) is 0 Å². The van der Waals surface area contributed by atoms with Gasteiger partial charge in [-0.25, -0.2) is 14.4 Å². The highest BCUT2D eigenvalue weighted by atomic mass is 19.1. The van der Waals surface area contributed by atoms with E-state index in [-0.39, 0.29) is 11.7 Å². The Morgan fingerprint density at radius 1 is 1.41 bits per heavy atom. The third-order valence-electron chi connectivity index (χ3n) is 3.85. The van der Waals surface area contributed by atoms with E-state index in [1.165, 1.54) is 18.3 Å². The first-order chi connectivity index (χ1) is 10.6. The average Bonchev–Trinajstić information content (AvgIpc) is 2.91. The van der Waals surface area contributed by atoms with Crippen LogP contribution in [0.5, 0.6) is 0 Å². The Morgan fingerprint density at radius 3 is 3.00 bits per heavy atom. The Hall–Kier alpha value is -2.44. The molecule has 7 heteroatoms. The number of pyridine rings is 1. The molecule has 1 aliphatic rings. The minimum Gasteiger partial charge on any atom is -0.356 e. The number of aromatic nitrogens is 3. The fourth-order valence-electron chi connectivity index (χ4n) is 2.61. The van der Waals surface area contributed by atoms with Crippen LogP contribution in [0.2, 0.25) is 0 Å². The Morgan fingerprint density at radius 2 is 2.27 bits per heavy atom. The lowest BCUT2D eigenvalue weighted by Crippen LogP contribution is -2.47. The van der Waals surface area contributed by atoms with E-state index >= 15 is 0 Å². The van der Waals surface area contributed by atoms with Gasteiger partial charge in [0.25, 0.3) is 0 Å². The van der Waals surface area contributed by atoms with Gasteiger partial charge in [0.05, 0.1) is 6.54 Å². The number of piperidine rings is 1. The fraction of sp³-hybridized carbons (Fsp3) is 0.400. The van der Waals surface area contributed by atoms with E-state index in [9.17, 15) is 9.18 Å². The van der Waals surface area contributed by atoms with Gasteiger partial charge in [-0.2, -0.15) is 0 Å². The Bertz CT molecular complexity index is 671. The summed E-state index contributed by atoms with van der Waals surface area (Å²) in [7, 11) is 1.90. The van der Waals surface area contributed by atoms with E-state index in [2.05, 4.69) is 15.3 Å². The zero-order valence-electron chi connectivity index (χ0n) is 12.4. The zero-order chi connectivity index (χ0) is 15.5. The molecule has 1 fully saturated rings. The maximum absolute atomic E-state index is 13.7. The van der Waals surface area contributed by atoms with E-state index in [1.807, 2.05) is 17.8 Å². The number of amides is 1. The van der Waals surface area contributed by atoms with E-state index in [1.54, 1.807) is 11.1 Å². The summed E-state index contributed by atoms with van der Waals surface area (Å²) < 4.78 is 15.6. The van der Waals surface area contributed by atoms with Crippen LogP contribution in [0.1, 0.15) is 18.7 Å². The molecule has 1 unspecified atom stereocenters. The number of rotatable bonds is 4. The largest absolute Gasteiger partial charge is 0.356 e. The van der Waals surface area contributed by atoms with Crippen LogP contribution in [-0.4, -0.2) is 37.9 Å². The van der Waals surface area contributed by atoms with E-state index < -0.39 is 11.9 Å². The first-order valence-corrected chi connectivity index (χ1v) is 7.27. The number of nitrogens with one attached hydrogen (secondary N) is 1. The van der Waals surface area contributed by atoms with Crippen LogP contribution < -0.4 is 5.32 Å². The molecular formula is C15H18FN5O. The van der Waals surface area contributed by atoms with Gasteiger partial charge in [-0.3, -0.25) is 4.79 Å². The van der Waals surface area contributed by atoms with Gasteiger partial charge in [-0.1, -0.05) is 0 Å². The summed E-state index contributed by atoms with van der Waals surface area (Å²) in [5.74, 6) is 0.466. The van der Waals surface area contributed by atoms with Crippen molar-refractivity contribution in [1.29, 1.82) is 0 Å². The second-order valence-corrected chi connectivity index (χ2v) is 5.39. The number of hydrogen-bond donors (Lipinski definition) is 1. The van der Waals surface area contributed by atoms with Gasteiger partial charge < -0.3 is 14.8 Å². The number of likely N-dealkylation sites (tertiary alicyclic amines) is 1. The lowest BCUT2D eigenvalue weighted by Gasteiger charge is -2.32. The fourth-order valence-corrected chi connectivity index (χ4v) is 2.61. The molecule has 0 aromatic carbocycles. The molecule has 22 heavy (non-hydrogen) atoms. The molecular weight excluding hydrogens is 285 g/mol. The molecule has 1 amide bonds. The minimum absolute atomic E-state index is 0.0423. The van der Waals surface area contributed by atoms with Crippen molar-refractivity contribution in [1.82, 2.24) is 19.4 Å². The summed E-state index contributed by atoms with van der Waals surface area (Å²) in [6.07, 6.45) is 6.60. The summed E-state index contributed by atoms with van der Waals surface area (Å²) in [5, 5.41) is 2.92. The molecule has 3 heterocycles. The van der Waals surface area contributed by atoms with Crippen molar-refractivity contribution in [3.05, 3.63) is 42.4 Å². The second-order valence-electron chi connectivity index (χ2n) is 5.39. The van der Waals surface area contributed by atoms with Gasteiger partial charge in [0, 0.05) is 32.2 Å². The van der Waals surface area contributed by atoms with Crippen LogP contribution in [0.15, 0.2) is 30.7 Å². The van der Waals surface area contributed by atoms with Crippen LogP contribution in [0.25, 0.3) is 0 Å². The topological polar surface area (TPSA) is 63.1 Å². The number of imidazole rings is 1. The number of anilines is 1. The van der Waals surface area contributed by atoms with Gasteiger partial charge in [0.2, 0.25) is 5.91 Å². The van der Waals surface area contributed by atoms with Gasteiger partial charge in [0.1, 0.15) is 11.9 Å². The first-order valence-electron chi connectivity index (χ1n) is 7.27. The van der Waals surface area contributed by atoms with E-state index in [0.29, 0.717) is 19.5 Å². The second kappa shape index (κ2) is 6.13. The van der Waals surface area contributed by atoms with Gasteiger partial charge in [-0.05, 0) is 25.0 Å². The molecule has 0 saturated carbocycles.